The lowest BCUT2D eigenvalue weighted by atomic mass is 10.1. The van der Waals surface area contributed by atoms with Gasteiger partial charge in [0.15, 0.2) is 0 Å². The molecule has 3 aromatic carbocycles. The summed E-state index contributed by atoms with van der Waals surface area (Å²) in [6.07, 6.45) is 1.11. The molecule has 0 aliphatic rings. The first-order valence-electron chi connectivity index (χ1n) is 9.49. The van der Waals surface area contributed by atoms with Crippen molar-refractivity contribution in [1.29, 1.82) is 0 Å². The minimum Gasteiger partial charge on any atom is -0.348 e. The number of benzene rings is 3. The SMILES string of the molecule is Cc1cccc(CNC(=O)c2ccc(N(Cc3c(Cl)cccc3Cl)S(C)(=O)=O)cc2)c1. The Labute approximate surface area is 192 Å². The van der Waals surface area contributed by atoms with Crippen LogP contribution in [-0.2, 0) is 23.1 Å². The number of aryl methyl sites for hydroxylation is 1. The van der Waals surface area contributed by atoms with E-state index in [0.717, 1.165) is 17.4 Å². The molecule has 0 aliphatic heterocycles. The molecule has 162 valence electrons. The van der Waals surface area contributed by atoms with Gasteiger partial charge in [-0.05, 0) is 48.9 Å². The smallest absolute Gasteiger partial charge is 0.251 e. The number of hydrogen-bond acceptors (Lipinski definition) is 3. The molecule has 0 aliphatic carbocycles. The highest BCUT2D eigenvalue weighted by Crippen LogP contribution is 2.29. The largest absolute Gasteiger partial charge is 0.348 e. The number of amides is 1. The number of carbonyl (C=O) groups is 1. The van der Waals surface area contributed by atoms with Crippen molar-refractivity contribution in [3.63, 3.8) is 0 Å². The van der Waals surface area contributed by atoms with Crippen molar-refractivity contribution >= 4 is 44.8 Å². The average molecular weight is 477 g/mol. The standard InChI is InChI=1S/C23H22Cl2N2O3S/c1-16-5-3-6-17(13-16)14-26-23(28)18-9-11-19(12-10-18)27(31(2,29)30)15-20-21(24)7-4-8-22(20)25/h3-13H,14-15H2,1-2H3,(H,26,28). The number of nitrogens with one attached hydrogen (secondary N) is 1. The van der Waals surface area contributed by atoms with Crippen LogP contribution in [0.2, 0.25) is 10.0 Å². The molecule has 0 fully saturated rings. The maximum Gasteiger partial charge on any atom is 0.251 e. The molecule has 3 rings (SSSR count). The minimum absolute atomic E-state index is 0.0176. The molecule has 31 heavy (non-hydrogen) atoms. The maximum atomic E-state index is 12.5. The molecule has 8 heteroatoms. The highest BCUT2D eigenvalue weighted by Gasteiger charge is 2.21. The predicted octanol–water partition coefficient (Wildman–Crippen LogP) is 5.20. The maximum absolute atomic E-state index is 12.5. The van der Waals surface area contributed by atoms with E-state index in [2.05, 4.69) is 5.32 Å². The predicted molar refractivity (Wildman–Crippen MR) is 126 cm³/mol. The summed E-state index contributed by atoms with van der Waals surface area (Å²) in [5.74, 6) is -0.242. The Morgan fingerprint density at radius 3 is 2.16 bits per heavy atom. The Kier molecular flexibility index (Phi) is 7.26. The summed E-state index contributed by atoms with van der Waals surface area (Å²) in [7, 11) is -3.62. The van der Waals surface area contributed by atoms with E-state index in [9.17, 15) is 13.2 Å². The van der Waals surface area contributed by atoms with Crippen molar-refractivity contribution < 1.29 is 13.2 Å². The van der Waals surface area contributed by atoms with Crippen LogP contribution in [0, 0.1) is 6.92 Å². The van der Waals surface area contributed by atoms with Crippen molar-refractivity contribution in [3.05, 3.63) is 99.0 Å². The van der Waals surface area contributed by atoms with Crippen molar-refractivity contribution in [2.24, 2.45) is 0 Å². The summed E-state index contributed by atoms with van der Waals surface area (Å²) in [5.41, 5.74) is 3.48. The van der Waals surface area contributed by atoms with Crippen molar-refractivity contribution in [2.75, 3.05) is 10.6 Å². The van der Waals surface area contributed by atoms with Gasteiger partial charge in [0.25, 0.3) is 5.91 Å². The number of nitrogens with zero attached hydrogens (tertiary/aromatic N) is 1. The fraction of sp³-hybridized carbons (Fsp3) is 0.174. The lowest BCUT2D eigenvalue weighted by molar-refractivity contribution is 0.0951. The minimum atomic E-state index is -3.62. The third kappa shape index (κ3) is 6.00. The van der Waals surface area contributed by atoms with Gasteiger partial charge >= 0.3 is 0 Å². The quantitative estimate of drug-likeness (QED) is 0.509. The van der Waals surface area contributed by atoms with Gasteiger partial charge < -0.3 is 5.32 Å². The lowest BCUT2D eigenvalue weighted by Crippen LogP contribution is -2.29. The van der Waals surface area contributed by atoms with Crippen LogP contribution >= 0.6 is 23.2 Å². The number of sulfonamides is 1. The van der Waals surface area contributed by atoms with Crippen LogP contribution in [-0.4, -0.2) is 20.6 Å². The molecule has 1 amide bonds. The summed E-state index contributed by atoms with van der Waals surface area (Å²) in [6.45, 7) is 2.38. The van der Waals surface area contributed by atoms with Gasteiger partial charge in [-0.15, -0.1) is 0 Å². The number of anilines is 1. The fourth-order valence-electron chi connectivity index (χ4n) is 3.11. The summed E-state index contributed by atoms with van der Waals surface area (Å²) in [6, 6.07) is 19.3. The fourth-order valence-corrected chi connectivity index (χ4v) is 4.50. The van der Waals surface area contributed by atoms with Gasteiger partial charge in [-0.25, -0.2) is 8.42 Å². The van der Waals surface area contributed by atoms with Gasteiger partial charge in [0.2, 0.25) is 10.0 Å². The Bertz CT molecular complexity index is 1180. The number of carbonyl (C=O) groups excluding carboxylic acids is 1. The average Bonchev–Trinajstić information content (AvgIpc) is 2.71. The first-order valence-corrected chi connectivity index (χ1v) is 12.1. The second kappa shape index (κ2) is 9.73. The molecule has 1 N–H and O–H groups in total. The lowest BCUT2D eigenvalue weighted by Gasteiger charge is -2.23. The molecular weight excluding hydrogens is 455 g/mol. The third-order valence-electron chi connectivity index (χ3n) is 4.72. The van der Waals surface area contributed by atoms with Gasteiger partial charge in [0.1, 0.15) is 0 Å². The molecule has 0 radical (unpaired) electrons. The zero-order valence-corrected chi connectivity index (χ0v) is 19.4. The third-order valence-corrected chi connectivity index (χ3v) is 6.57. The molecule has 0 saturated heterocycles. The van der Waals surface area contributed by atoms with Gasteiger partial charge in [-0.2, -0.15) is 0 Å². The van der Waals surface area contributed by atoms with Crippen LogP contribution in [0.15, 0.2) is 66.7 Å². The molecule has 5 nitrogen and oxygen atoms in total. The highest BCUT2D eigenvalue weighted by molar-refractivity contribution is 7.92. The van der Waals surface area contributed by atoms with Crippen molar-refractivity contribution in [1.82, 2.24) is 5.32 Å². The van der Waals surface area contributed by atoms with Crippen molar-refractivity contribution in [3.8, 4) is 0 Å². The molecule has 0 unspecified atom stereocenters. The molecule has 0 spiro atoms. The zero-order chi connectivity index (χ0) is 22.6. The topological polar surface area (TPSA) is 66.5 Å². The van der Waals surface area contributed by atoms with E-state index in [1.807, 2.05) is 31.2 Å². The van der Waals surface area contributed by atoms with Gasteiger partial charge in [-0.3, -0.25) is 9.10 Å². The van der Waals surface area contributed by atoms with Crippen LogP contribution in [0.3, 0.4) is 0 Å². The zero-order valence-electron chi connectivity index (χ0n) is 17.1. The van der Waals surface area contributed by atoms with Crippen LogP contribution in [0.4, 0.5) is 5.69 Å². The molecule has 0 bridgehead atoms. The Balaban J connectivity index is 1.77. The molecule has 3 aromatic rings. The molecular formula is C23H22Cl2N2O3S. The Morgan fingerprint density at radius 2 is 1.58 bits per heavy atom. The van der Waals surface area contributed by atoms with Crippen molar-refractivity contribution in [2.45, 2.75) is 20.0 Å². The van der Waals surface area contributed by atoms with E-state index in [1.165, 1.54) is 4.31 Å². The first kappa shape index (κ1) is 23.1. The first-order chi connectivity index (χ1) is 14.6. The Morgan fingerprint density at radius 1 is 0.968 bits per heavy atom. The van der Waals surface area contributed by atoms with Gasteiger partial charge in [0, 0.05) is 27.7 Å². The monoisotopic (exact) mass is 476 g/mol. The molecule has 0 heterocycles. The highest BCUT2D eigenvalue weighted by atomic mass is 35.5. The summed E-state index contributed by atoms with van der Waals surface area (Å²) in [4.78, 5) is 12.5. The molecule has 0 saturated carbocycles. The molecule has 0 atom stereocenters. The van der Waals surface area contributed by atoms with E-state index in [4.69, 9.17) is 23.2 Å². The normalized spacial score (nSPS) is 11.2. The van der Waals surface area contributed by atoms with Crippen LogP contribution in [0.5, 0.6) is 0 Å². The van der Waals surface area contributed by atoms with Gasteiger partial charge in [0.05, 0.1) is 18.5 Å². The summed E-state index contributed by atoms with van der Waals surface area (Å²) in [5, 5.41) is 3.64. The number of hydrogen-bond donors (Lipinski definition) is 1. The second-order valence-corrected chi connectivity index (χ2v) is 9.91. The van der Waals surface area contributed by atoms with Crippen LogP contribution in [0.25, 0.3) is 0 Å². The summed E-state index contributed by atoms with van der Waals surface area (Å²) < 4.78 is 26.1. The van der Waals surface area contributed by atoms with Gasteiger partial charge in [-0.1, -0.05) is 59.1 Å². The molecule has 0 aromatic heterocycles. The van der Waals surface area contributed by atoms with E-state index >= 15 is 0 Å². The number of rotatable bonds is 7. The van der Waals surface area contributed by atoms with Crippen LogP contribution < -0.4 is 9.62 Å². The van der Waals surface area contributed by atoms with Crippen LogP contribution in [0.1, 0.15) is 27.0 Å². The van der Waals surface area contributed by atoms with E-state index in [0.29, 0.717) is 33.4 Å². The van der Waals surface area contributed by atoms with E-state index in [1.54, 1.807) is 42.5 Å². The summed E-state index contributed by atoms with van der Waals surface area (Å²) >= 11 is 12.4. The van der Waals surface area contributed by atoms with E-state index < -0.39 is 10.0 Å². The second-order valence-electron chi connectivity index (χ2n) is 7.19. The van der Waals surface area contributed by atoms with E-state index in [-0.39, 0.29) is 12.5 Å². The number of halogens is 2. The Hall–Kier alpha value is -2.54.